The standard InChI is InChI=1S/C36H55N8O11P/c1-21(2)14-27(40-36(51)30-12-9-13-44(30)24(5)46)33(48)39-28(16-26-17-38-20-43(26)18-22(3)15-25-10-7-6-8-11-25)34(49)41-29(19-45)35(50)42-31(32(37)47)23(4)55-56(52,53)54/h6-8,10-11,17,20-23,27-31,45H,9,12-16,18-19H2,1-5H3,(H2,37,47)(H,39,48)(H,40,51)(H,41,49)(H,42,50)(H2,52,53,54). The van der Waals surface area contributed by atoms with Crippen LogP contribution >= 0.6 is 7.82 Å². The van der Waals surface area contributed by atoms with Crippen LogP contribution in [0, 0.1) is 11.8 Å². The lowest BCUT2D eigenvalue weighted by molar-refractivity contribution is -0.139. The maximum atomic E-state index is 14.0. The molecule has 1 aromatic heterocycles. The first-order valence-corrected chi connectivity index (χ1v) is 20.0. The Kier molecular flexibility index (Phi) is 17.2. The maximum Gasteiger partial charge on any atom is 0.469 e. The molecule has 2 aromatic rings. The lowest BCUT2D eigenvalue weighted by atomic mass is 10.0. The first kappa shape index (κ1) is 45.7. The number of aliphatic hydroxyl groups is 1. The Hall–Kier alpha value is -4.68. The molecule has 1 aliphatic rings. The van der Waals surface area contributed by atoms with E-state index in [1.54, 1.807) is 6.33 Å². The first-order valence-electron chi connectivity index (χ1n) is 18.4. The molecule has 1 fully saturated rings. The number of phosphoric acid groups is 1. The van der Waals surface area contributed by atoms with Gasteiger partial charge in [-0.15, -0.1) is 0 Å². The molecule has 0 radical (unpaired) electrons. The third kappa shape index (κ3) is 14.1. The zero-order valence-electron chi connectivity index (χ0n) is 32.3. The second kappa shape index (κ2) is 21.0. The quantitative estimate of drug-likeness (QED) is 0.0726. The van der Waals surface area contributed by atoms with Crippen molar-refractivity contribution in [2.75, 3.05) is 13.2 Å². The number of hydrogen-bond acceptors (Lipinski definition) is 10. The molecular formula is C36H55N8O11P. The summed E-state index contributed by atoms with van der Waals surface area (Å²) in [5.41, 5.74) is 7.01. The first-order chi connectivity index (χ1) is 26.3. The predicted octanol–water partition coefficient (Wildman–Crippen LogP) is -0.724. The number of hydrogen-bond donors (Lipinski definition) is 8. The average molecular weight is 807 g/mol. The fourth-order valence-electron chi connectivity index (χ4n) is 6.59. The minimum absolute atomic E-state index is 0.0871. The van der Waals surface area contributed by atoms with Crippen LogP contribution in [-0.4, -0.2) is 114 Å². The molecule has 0 saturated carbocycles. The van der Waals surface area contributed by atoms with Crippen molar-refractivity contribution in [3.8, 4) is 0 Å². The van der Waals surface area contributed by atoms with Crippen molar-refractivity contribution in [1.82, 2.24) is 35.7 Å². The Morgan fingerprint density at radius 2 is 1.55 bits per heavy atom. The van der Waals surface area contributed by atoms with Crippen molar-refractivity contribution >= 4 is 43.3 Å². The van der Waals surface area contributed by atoms with Crippen LogP contribution in [0.4, 0.5) is 0 Å². The Morgan fingerprint density at radius 3 is 2.14 bits per heavy atom. The van der Waals surface area contributed by atoms with Crippen LogP contribution < -0.4 is 27.0 Å². The molecule has 7 atom stereocenters. The summed E-state index contributed by atoms with van der Waals surface area (Å²) in [5.74, 6) is -4.75. The van der Waals surface area contributed by atoms with Gasteiger partial charge in [-0.25, -0.2) is 9.55 Å². The molecule has 2 heterocycles. The van der Waals surface area contributed by atoms with Crippen molar-refractivity contribution in [1.29, 1.82) is 0 Å². The van der Waals surface area contributed by atoms with Gasteiger partial charge in [0, 0.05) is 38.3 Å². The van der Waals surface area contributed by atoms with Gasteiger partial charge in [-0.2, -0.15) is 0 Å². The minimum Gasteiger partial charge on any atom is -0.394 e. The molecule has 56 heavy (non-hydrogen) atoms. The van der Waals surface area contributed by atoms with Gasteiger partial charge in [-0.3, -0.25) is 33.3 Å². The summed E-state index contributed by atoms with van der Waals surface area (Å²) < 4.78 is 17.7. The monoisotopic (exact) mass is 806 g/mol. The van der Waals surface area contributed by atoms with E-state index in [9.17, 15) is 48.2 Å². The van der Waals surface area contributed by atoms with Crippen molar-refractivity contribution in [3.63, 3.8) is 0 Å². The maximum absolute atomic E-state index is 14.0. The number of imidazole rings is 1. The number of benzene rings is 1. The van der Waals surface area contributed by atoms with Gasteiger partial charge in [-0.1, -0.05) is 51.1 Å². The zero-order valence-corrected chi connectivity index (χ0v) is 33.2. The molecule has 0 aliphatic carbocycles. The number of likely N-dealkylation sites (tertiary alicyclic amines) is 1. The summed E-state index contributed by atoms with van der Waals surface area (Å²) in [4.78, 5) is 103. The van der Waals surface area contributed by atoms with Crippen LogP contribution in [-0.2, 0) is 57.2 Å². The third-order valence-corrected chi connectivity index (χ3v) is 9.88. The van der Waals surface area contributed by atoms with Gasteiger partial charge in [0.05, 0.1) is 19.0 Å². The van der Waals surface area contributed by atoms with Crippen LogP contribution in [0.1, 0.15) is 65.1 Å². The predicted molar refractivity (Wildman–Crippen MR) is 202 cm³/mol. The molecule has 310 valence electrons. The molecule has 6 amide bonds. The van der Waals surface area contributed by atoms with Gasteiger partial charge >= 0.3 is 7.82 Å². The Labute approximate surface area is 325 Å². The minimum atomic E-state index is -5.11. The normalized spacial score (nSPS) is 17.6. The molecule has 0 bridgehead atoms. The number of phosphoric ester groups is 1. The number of nitrogens with zero attached hydrogens (tertiary/aromatic N) is 3. The molecule has 0 spiro atoms. The number of amides is 6. The Morgan fingerprint density at radius 1 is 0.929 bits per heavy atom. The number of rotatable bonds is 21. The molecule has 1 aliphatic heterocycles. The fourth-order valence-corrected chi connectivity index (χ4v) is 7.15. The molecule has 20 heteroatoms. The van der Waals surface area contributed by atoms with Crippen molar-refractivity contribution in [2.45, 2.75) is 110 Å². The van der Waals surface area contributed by atoms with Crippen LogP contribution in [0.2, 0.25) is 0 Å². The van der Waals surface area contributed by atoms with Crippen molar-refractivity contribution in [2.24, 2.45) is 17.6 Å². The molecule has 9 N–H and O–H groups in total. The number of nitrogens with two attached hydrogens (primary N) is 1. The highest BCUT2D eigenvalue weighted by molar-refractivity contribution is 7.46. The van der Waals surface area contributed by atoms with E-state index in [1.807, 2.05) is 48.7 Å². The van der Waals surface area contributed by atoms with E-state index in [0.717, 1.165) is 18.9 Å². The van der Waals surface area contributed by atoms with Gasteiger partial charge in [-0.05, 0) is 50.0 Å². The molecular weight excluding hydrogens is 751 g/mol. The molecule has 1 saturated heterocycles. The Balaban J connectivity index is 1.88. The van der Waals surface area contributed by atoms with Gasteiger partial charge in [0.1, 0.15) is 30.2 Å². The number of nitrogens with one attached hydrogen (secondary N) is 4. The van der Waals surface area contributed by atoms with Crippen LogP contribution in [0.5, 0.6) is 0 Å². The lowest BCUT2D eigenvalue weighted by Gasteiger charge is -2.28. The van der Waals surface area contributed by atoms with E-state index in [2.05, 4.69) is 37.7 Å². The zero-order chi connectivity index (χ0) is 41.7. The summed E-state index contributed by atoms with van der Waals surface area (Å²) in [5, 5.41) is 20.1. The van der Waals surface area contributed by atoms with Gasteiger partial charge in [0.15, 0.2) is 0 Å². The van der Waals surface area contributed by atoms with Gasteiger partial charge in [0.2, 0.25) is 35.4 Å². The van der Waals surface area contributed by atoms with E-state index >= 15 is 0 Å². The third-order valence-electron chi connectivity index (χ3n) is 9.27. The van der Waals surface area contributed by atoms with Crippen LogP contribution in [0.15, 0.2) is 42.9 Å². The number of aromatic nitrogens is 2. The highest BCUT2D eigenvalue weighted by atomic mass is 31.2. The molecule has 7 unspecified atom stereocenters. The lowest BCUT2D eigenvalue weighted by Crippen LogP contribution is -2.61. The SMILES string of the molecule is CC(=O)N1CCCC1C(=O)NC(CC(C)C)C(=O)NC(Cc1cncn1CC(C)Cc1ccccc1)C(=O)NC(CO)C(=O)NC(C(N)=O)C(C)OP(=O)(O)O. The molecule has 3 rings (SSSR count). The topological polar surface area (TPSA) is 285 Å². The van der Waals surface area contributed by atoms with Crippen LogP contribution in [0.3, 0.4) is 0 Å². The van der Waals surface area contributed by atoms with Gasteiger partial charge in [0.25, 0.3) is 0 Å². The van der Waals surface area contributed by atoms with Crippen molar-refractivity contribution < 1.29 is 52.7 Å². The number of carbonyl (C=O) groups is 6. The summed E-state index contributed by atoms with van der Waals surface area (Å²) in [6.45, 7) is 8.10. The molecule has 19 nitrogen and oxygen atoms in total. The van der Waals surface area contributed by atoms with E-state index in [1.165, 1.54) is 18.0 Å². The highest BCUT2D eigenvalue weighted by Crippen LogP contribution is 2.38. The number of primary amides is 1. The summed E-state index contributed by atoms with van der Waals surface area (Å²) in [6.07, 6.45) is 3.33. The second-order valence-electron chi connectivity index (χ2n) is 14.6. The largest absolute Gasteiger partial charge is 0.469 e. The molecule has 1 aromatic carbocycles. The second-order valence-corrected chi connectivity index (χ2v) is 15.8. The van der Waals surface area contributed by atoms with E-state index < -0.39 is 80.3 Å². The number of carbonyl (C=O) groups excluding carboxylic acids is 6. The summed E-state index contributed by atoms with van der Waals surface area (Å²) in [7, 11) is -5.11. The average Bonchev–Trinajstić information content (AvgIpc) is 3.78. The van der Waals surface area contributed by atoms with Crippen molar-refractivity contribution in [3.05, 3.63) is 54.1 Å². The van der Waals surface area contributed by atoms with E-state index in [-0.39, 0.29) is 30.6 Å². The summed E-state index contributed by atoms with van der Waals surface area (Å²) >= 11 is 0. The van der Waals surface area contributed by atoms with Crippen LogP contribution in [0.25, 0.3) is 0 Å². The summed E-state index contributed by atoms with van der Waals surface area (Å²) in [6, 6.07) is 3.07. The smallest absolute Gasteiger partial charge is 0.394 e. The fraction of sp³-hybridized carbons (Fsp3) is 0.583. The van der Waals surface area contributed by atoms with E-state index in [0.29, 0.717) is 31.6 Å². The Bertz CT molecular complexity index is 1720. The van der Waals surface area contributed by atoms with Gasteiger partial charge < -0.3 is 51.4 Å². The highest BCUT2D eigenvalue weighted by Gasteiger charge is 2.37. The number of aliphatic hydroxyl groups excluding tert-OH is 1. The van der Waals surface area contributed by atoms with E-state index in [4.69, 9.17) is 5.73 Å².